The van der Waals surface area contributed by atoms with E-state index in [1.807, 2.05) is 0 Å². The van der Waals surface area contributed by atoms with Crippen LogP contribution >= 0.6 is 7.82 Å². The second-order valence-corrected chi connectivity index (χ2v) is 2.99. The average molecular weight is 240 g/mol. The minimum absolute atomic E-state index is 0. The number of hydrogen-bond donors (Lipinski definition) is 2. The third-order valence-electron chi connectivity index (χ3n) is 0. The molecule has 0 rings (SSSR count). The van der Waals surface area contributed by atoms with Crippen molar-refractivity contribution < 1.29 is 38.4 Å². The number of hydrogen-bond acceptors (Lipinski definition) is 8. The normalized spacial score (nSPS) is 9.92. The van der Waals surface area contributed by atoms with Gasteiger partial charge in [-0.2, -0.15) is 7.82 Å². The Labute approximate surface area is 95.5 Å². The van der Waals surface area contributed by atoms with Crippen LogP contribution in [0, 0.1) is 0 Å². The summed E-state index contributed by atoms with van der Waals surface area (Å²) in [5, 5.41) is 0. The first-order valence-corrected chi connectivity index (χ1v) is 4.76. The molecular formula is H2AlMgO8PSi. The van der Waals surface area contributed by atoms with E-state index >= 15 is 0 Å². The van der Waals surface area contributed by atoms with Crippen LogP contribution in [0.5, 0.6) is 0 Å². The summed E-state index contributed by atoms with van der Waals surface area (Å²) >= 11 is 0. The predicted molar refractivity (Wildman–Crippen MR) is 29.3 cm³/mol. The molecule has 0 saturated heterocycles. The molecule has 0 aliphatic rings. The summed E-state index contributed by atoms with van der Waals surface area (Å²) in [4.78, 5) is 57.5. The van der Waals surface area contributed by atoms with Crippen LogP contribution < -0.4 is 24.3 Å². The molecule has 2 N–H and O–H groups in total. The van der Waals surface area contributed by atoms with E-state index in [2.05, 4.69) is 0 Å². The molecule has 0 radical (unpaired) electrons. The van der Waals surface area contributed by atoms with Gasteiger partial charge in [0.2, 0.25) is 0 Å². The molecule has 0 bridgehead atoms. The van der Waals surface area contributed by atoms with Crippen molar-refractivity contribution >= 4 is 57.3 Å². The predicted octanol–water partition coefficient (Wildman–Crippen LogP) is -7.46. The van der Waals surface area contributed by atoms with Gasteiger partial charge in [0.05, 0.1) is 0 Å². The van der Waals surface area contributed by atoms with Gasteiger partial charge in [0, 0.05) is 0 Å². The first kappa shape index (κ1) is 23.4. The maximum Gasteiger partial charge on any atom is 3.00 e. The SMILES string of the molecule is O=P([O-])([O-])[O-].[Al+3].[Mg+2].[O-][Si]([O-])(O)O. The fourth-order valence-corrected chi connectivity index (χ4v) is 0. The monoisotopic (exact) mass is 240 g/mol. The average Bonchev–Trinajstić information content (AvgIpc) is 1.12. The van der Waals surface area contributed by atoms with Crippen molar-refractivity contribution in [1.82, 2.24) is 0 Å². The van der Waals surface area contributed by atoms with Crippen molar-refractivity contribution in [2.24, 2.45) is 0 Å². The smallest absolute Gasteiger partial charge is 0.828 e. The second kappa shape index (κ2) is 9.04. The third kappa shape index (κ3) is 585. The Kier molecular flexibility index (Phi) is 17.6. The zero-order valence-corrected chi connectivity index (χ0v) is 10.0. The Morgan fingerprint density at radius 3 is 1.08 bits per heavy atom. The largest absolute Gasteiger partial charge is 3.00 e. The molecule has 0 aromatic rings. The van der Waals surface area contributed by atoms with Gasteiger partial charge in [-0.3, -0.25) is 0 Å². The fourth-order valence-electron chi connectivity index (χ4n) is 0. The van der Waals surface area contributed by atoms with E-state index in [9.17, 15) is 0 Å². The van der Waals surface area contributed by atoms with E-state index in [0.717, 1.165) is 0 Å². The van der Waals surface area contributed by atoms with Gasteiger partial charge in [-0.25, -0.2) is 0 Å². The third-order valence-corrected chi connectivity index (χ3v) is 0. The molecule has 0 heterocycles. The fraction of sp³-hybridized carbons (Fsp3) is 0. The van der Waals surface area contributed by atoms with Gasteiger partial charge in [-0.15, -0.1) is 0 Å². The molecular weight excluding hydrogens is 238 g/mol. The molecule has 8 nitrogen and oxygen atoms in total. The molecule has 0 atom stereocenters. The van der Waals surface area contributed by atoms with Crippen LogP contribution in [-0.2, 0) is 4.57 Å². The van der Waals surface area contributed by atoms with Crippen LogP contribution in [0.2, 0.25) is 0 Å². The second-order valence-electron chi connectivity index (χ2n) is 0.996. The maximum atomic E-state index is 8.80. The van der Waals surface area contributed by atoms with Crippen molar-refractivity contribution in [1.29, 1.82) is 0 Å². The summed E-state index contributed by atoms with van der Waals surface area (Å²) in [6, 6.07) is 0. The Balaban J connectivity index is -0.0000000457. The van der Waals surface area contributed by atoms with Gasteiger partial charge in [0.1, 0.15) is 9.05 Å². The van der Waals surface area contributed by atoms with Gasteiger partial charge in [-0.1, -0.05) is 0 Å². The first-order valence-electron chi connectivity index (χ1n) is 1.59. The van der Waals surface area contributed by atoms with Crippen molar-refractivity contribution in [2.45, 2.75) is 0 Å². The van der Waals surface area contributed by atoms with Crippen LogP contribution in [-0.4, -0.2) is 59.1 Å². The van der Waals surface area contributed by atoms with Crippen molar-refractivity contribution in [3.8, 4) is 0 Å². The standard InChI is InChI=1S/Al.Mg.H3O4P.H2O4Si/c;;2*1-5(2,3)4/h;;(H3,1,2,3,4);1-2H/q+3;+2;;-2/p-3. The summed E-state index contributed by atoms with van der Waals surface area (Å²) in [5.74, 6) is 0. The molecule has 0 fully saturated rings. The van der Waals surface area contributed by atoms with E-state index in [4.69, 9.17) is 38.4 Å². The molecule has 0 amide bonds. The van der Waals surface area contributed by atoms with Gasteiger partial charge < -0.3 is 38.4 Å². The van der Waals surface area contributed by atoms with Crippen LogP contribution in [0.4, 0.5) is 0 Å². The zero-order chi connectivity index (χ0) is 9.00. The van der Waals surface area contributed by atoms with Gasteiger partial charge >= 0.3 is 40.4 Å². The van der Waals surface area contributed by atoms with E-state index < -0.39 is 16.9 Å². The molecule has 0 aliphatic heterocycles. The Bertz CT molecular complexity index is 111. The Morgan fingerprint density at radius 1 is 1.08 bits per heavy atom. The van der Waals surface area contributed by atoms with E-state index in [1.54, 1.807) is 0 Å². The topological polar surface area (TPSA) is 173 Å². The van der Waals surface area contributed by atoms with Gasteiger partial charge in [-0.05, 0) is 0 Å². The van der Waals surface area contributed by atoms with Crippen LogP contribution in [0.1, 0.15) is 0 Å². The quantitative estimate of drug-likeness (QED) is 0.310. The summed E-state index contributed by atoms with van der Waals surface area (Å²) < 4.78 is 8.55. The molecule has 64 valence electrons. The summed E-state index contributed by atoms with van der Waals surface area (Å²) in [6.45, 7) is 0. The molecule has 0 aromatic carbocycles. The Morgan fingerprint density at radius 2 is 1.08 bits per heavy atom. The maximum absolute atomic E-state index is 8.80. The zero-order valence-electron chi connectivity index (χ0n) is 5.58. The van der Waals surface area contributed by atoms with Gasteiger partial charge in [0.25, 0.3) is 0 Å². The molecule has 12 heavy (non-hydrogen) atoms. The van der Waals surface area contributed by atoms with Crippen LogP contribution in [0.25, 0.3) is 0 Å². The summed E-state index contributed by atoms with van der Waals surface area (Å²) in [5.41, 5.74) is 0. The Hall–Kier alpha value is 1.47. The molecule has 0 aromatic heterocycles. The van der Waals surface area contributed by atoms with Crippen molar-refractivity contribution in [2.75, 3.05) is 0 Å². The molecule has 12 heteroatoms. The molecule has 0 saturated carbocycles. The van der Waals surface area contributed by atoms with E-state index in [1.165, 1.54) is 0 Å². The minimum atomic E-state index is -5.39. The minimum Gasteiger partial charge on any atom is -0.828 e. The molecule has 0 aliphatic carbocycles. The number of phosphoric acid groups is 1. The van der Waals surface area contributed by atoms with Crippen LogP contribution in [0.15, 0.2) is 0 Å². The molecule has 0 spiro atoms. The van der Waals surface area contributed by atoms with Crippen LogP contribution in [0.3, 0.4) is 0 Å². The first-order chi connectivity index (χ1) is 4.00. The summed E-state index contributed by atoms with van der Waals surface area (Å²) in [6.07, 6.45) is 0. The molecule has 0 unspecified atom stereocenters. The van der Waals surface area contributed by atoms with E-state index in [0.29, 0.717) is 0 Å². The van der Waals surface area contributed by atoms with Crippen molar-refractivity contribution in [3.05, 3.63) is 0 Å². The van der Waals surface area contributed by atoms with Gasteiger partial charge in [0.15, 0.2) is 0 Å². The van der Waals surface area contributed by atoms with Crippen molar-refractivity contribution in [3.63, 3.8) is 0 Å². The summed E-state index contributed by atoms with van der Waals surface area (Å²) in [7, 11) is -10.5. The van der Waals surface area contributed by atoms with E-state index in [-0.39, 0.29) is 40.4 Å². The number of rotatable bonds is 0.